The summed E-state index contributed by atoms with van der Waals surface area (Å²) in [5.41, 5.74) is 0.0429. The van der Waals surface area contributed by atoms with Crippen LogP contribution in [0.4, 0.5) is 0 Å². The average Bonchev–Trinajstić information content (AvgIpc) is 3.01. The Hall–Kier alpha value is -0.450. The monoisotopic (exact) mass is 350 g/mol. The summed E-state index contributed by atoms with van der Waals surface area (Å²) in [4.78, 5) is 12.3. The molecule has 0 bridgehead atoms. The molecule has 0 aromatic heterocycles. The summed E-state index contributed by atoms with van der Waals surface area (Å²) in [7, 11) is 0. The molecule has 0 amide bonds. The van der Waals surface area contributed by atoms with Gasteiger partial charge in [0, 0.05) is 17.9 Å². The summed E-state index contributed by atoms with van der Waals surface area (Å²) in [6.45, 7) is 2.17. The Morgan fingerprint density at radius 3 is 2.52 bits per heavy atom. The van der Waals surface area contributed by atoms with Crippen LogP contribution in [0, 0.1) is 40.4 Å². The van der Waals surface area contributed by atoms with Crippen molar-refractivity contribution in [3.63, 3.8) is 0 Å². The Balaban J connectivity index is 1.62. The normalized spacial score (nSPS) is 52.2. The van der Waals surface area contributed by atoms with Gasteiger partial charge in [-0.05, 0) is 86.9 Å². The van der Waals surface area contributed by atoms with Crippen LogP contribution in [0.2, 0.25) is 0 Å². The standard InChI is InChI=1S/C21H34O4/c1-20-8-6-14(24)10-13(20)2-3-15-16(20)7-9-21(12-23)17(15)4-5-18(21)19(25)11-22/h13-18,22-24H,2-12H2,1H3/t13-,14-,15-,16+,17+,18-,20+,21-/m1/s1. The molecule has 0 radical (unpaired) electrons. The van der Waals surface area contributed by atoms with Crippen molar-refractivity contribution < 1.29 is 20.1 Å². The molecular weight excluding hydrogens is 316 g/mol. The molecule has 4 rings (SSSR count). The maximum Gasteiger partial charge on any atom is 0.161 e. The predicted octanol–water partition coefficient (Wildman–Crippen LogP) is 2.54. The molecule has 25 heavy (non-hydrogen) atoms. The second-order valence-corrected chi connectivity index (χ2v) is 9.77. The highest BCUT2D eigenvalue weighted by atomic mass is 16.3. The van der Waals surface area contributed by atoms with E-state index in [1.54, 1.807) is 0 Å². The average molecular weight is 350 g/mol. The van der Waals surface area contributed by atoms with Gasteiger partial charge in [-0.25, -0.2) is 0 Å². The second-order valence-electron chi connectivity index (χ2n) is 9.77. The number of Topliss-reactive ketones (excluding diaryl/α,β-unsaturated/α-hetero) is 1. The van der Waals surface area contributed by atoms with Gasteiger partial charge in [0.25, 0.3) is 0 Å². The van der Waals surface area contributed by atoms with Crippen LogP contribution in [0.5, 0.6) is 0 Å². The zero-order chi connectivity index (χ0) is 17.8. The first-order valence-electron chi connectivity index (χ1n) is 10.4. The molecule has 142 valence electrons. The van der Waals surface area contributed by atoms with E-state index < -0.39 is 0 Å². The first-order valence-corrected chi connectivity index (χ1v) is 10.4. The van der Waals surface area contributed by atoms with Gasteiger partial charge in [-0.3, -0.25) is 4.79 Å². The van der Waals surface area contributed by atoms with E-state index in [1.165, 1.54) is 12.8 Å². The molecule has 3 N–H and O–H groups in total. The summed E-state index contributed by atoms with van der Waals surface area (Å²) in [6.07, 6.45) is 9.16. The summed E-state index contributed by atoms with van der Waals surface area (Å²) < 4.78 is 0. The third-order valence-corrected chi connectivity index (χ3v) is 9.19. The van der Waals surface area contributed by atoms with Crippen LogP contribution in [0.15, 0.2) is 0 Å². The van der Waals surface area contributed by atoms with E-state index in [-0.39, 0.29) is 36.4 Å². The maximum atomic E-state index is 12.3. The zero-order valence-electron chi connectivity index (χ0n) is 15.5. The highest BCUT2D eigenvalue weighted by molar-refractivity contribution is 5.83. The number of hydrogen-bond donors (Lipinski definition) is 3. The molecule has 0 spiro atoms. The first kappa shape index (κ1) is 17.9. The molecule has 0 aromatic rings. The highest BCUT2D eigenvalue weighted by Gasteiger charge is 2.62. The highest BCUT2D eigenvalue weighted by Crippen LogP contribution is 2.67. The molecule has 0 unspecified atom stereocenters. The summed E-state index contributed by atoms with van der Waals surface area (Å²) in [5, 5.41) is 29.8. The fourth-order valence-electron chi connectivity index (χ4n) is 7.94. The van der Waals surface area contributed by atoms with E-state index in [1.807, 2.05) is 0 Å². The number of rotatable bonds is 3. The second kappa shape index (κ2) is 6.31. The number of hydrogen-bond acceptors (Lipinski definition) is 4. The lowest BCUT2D eigenvalue weighted by Gasteiger charge is -2.61. The van der Waals surface area contributed by atoms with Crippen molar-refractivity contribution in [3.05, 3.63) is 0 Å². The van der Waals surface area contributed by atoms with E-state index in [9.17, 15) is 20.1 Å². The van der Waals surface area contributed by atoms with Gasteiger partial charge in [0.05, 0.1) is 6.10 Å². The van der Waals surface area contributed by atoms with E-state index in [2.05, 4.69) is 6.92 Å². The molecule has 4 saturated carbocycles. The minimum atomic E-state index is -0.384. The number of carbonyl (C=O) groups is 1. The zero-order valence-corrected chi connectivity index (χ0v) is 15.5. The third-order valence-electron chi connectivity index (χ3n) is 9.19. The fourth-order valence-corrected chi connectivity index (χ4v) is 7.94. The molecular formula is C21H34O4. The first-order chi connectivity index (χ1) is 12.0. The largest absolute Gasteiger partial charge is 0.396 e. The van der Waals surface area contributed by atoms with Crippen molar-refractivity contribution >= 4 is 5.78 Å². The van der Waals surface area contributed by atoms with Gasteiger partial charge < -0.3 is 15.3 Å². The Morgan fingerprint density at radius 1 is 1.00 bits per heavy atom. The lowest BCUT2D eigenvalue weighted by Crippen LogP contribution is -2.56. The lowest BCUT2D eigenvalue weighted by molar-refractivity contribution is -0.151. The molecule has 4 heteroatoms. The van der Waals surface area contributed by atoms with Crippen LogP contribution in [0.3, 0.4) is 0 Å². The van der Waals surface area contributed by atoms with Crippen molar-refractivity contribution in [2.24, 2.45) is 40.4 Å². The van der Waals surface area contributed by atoms with Gasteiger partial charge in [-0.15, -0.1) is 0 Å². The molecule has 0 aromatic carbocycles. The summed E-state index contributed by atoms with van der Waals surface area (Å²) >= 11 is 0. The summed E-state index contributed by atoms with van der Waals surface area (Å²) in [6, 6.07) is 0. The van der Waals surface area contributed by atoms with Crippen molar-refractivity contribution in [2.75, 3.05) is 13.2 Å². The lowest BCUT2D eigenvalue weighted by atomic mass is 9.44. The van der Waals surface area contributed by atoms with Crippen molar-refractivity contribution in [3.8, 4) is 0 Å². The van der Waals surface area contributed by atoms with Crippen LogP contribution in [-0.2, 0) is 4.79 Å². The summed E-state index contributed by atoms with van der Waals surface area (Å²) in [5.74, 6) is 2.14. The van der Waals surface area contributed by atoms with E-state index in [0.29, 0.717) is 29.1 Å². The topological polar surface area (TPSA) is 77.8 Å². The van der Waals surface area contributed by atoms with Crippen LogP contribution in [0.1, 0.15) is 64.7 Å². The fraction of sp³-hybridized carbons (Fsp3) is 0.952. The van der Waals surface area contributed by atoms with Crippen molar-refractivity contribution in [1.29, 1.82) is 0 Å². The van der Waals surface area contributed by atoms with Gasteiger partial charge in [0.1, 0.15) is 6.61 Å². The molecule has 0 heterocycles. The number of carbonyl (C=O) groups excluding carboxylic acids is 1. The van der Waals surface area contributed by atoms with Crippen molar-refractivity contribution in [2.45, 2.75) is 70.8 Å². The minimum Gasteiger partial charge on any atom is -0.396 e. The number of ketones is 1. The molecule has 4 aliphatic carbocycles. The number of aliphatic hydroxyl groups is 3. The van der Waals surface area contributed by atoms with E-state index in [0.717, 1.165) is 44.9 Å². The molecule has 8 atom stereocenters. The molecule has 4 fully saturated rings. The quantitative estimate of drug-likeness (QED) is 0.731. The molecule has 4 aliphatic rings. The van der Waals surface area contributed by atoms with Crippen LogP contribution in [-0.4, -0.2) is 40.4 Å². The van der Waals surface area contributed by atoms with Gasteiger partial charge in [-0.2, -0.15) is 0 Å². The number of fused-ring (bicyclic) bond motifs is 5. The van der Waals surface area contributed by atoms with Crippen LogP contribution < -0.4 is 0 Å². The molecule has 0 saturated heterocycles. The molecule has 0 aliphatic heterocycles. The van der Waals surface area contributed by atoms with Crippen LogP contribution in [0.25, 0.3) is 0 Å². The Kier molecular flexibility index (Phi) is 4.53. The van der Waals surface area contributed by atoms with Crippen molar-refractivity contribution in [1.82, 2.24) is 0 Å². The van der Waals surface area contributed by atoms with Gasteiger partial charge in [-0.1, -0.05) is 6.92 Å². The van der Waals surface area contributed by atoms with E-state index in [4.69, 9.17) is 0 Å². The Bertz CT molecular complexity index is 534. The number of aliphatic hydroxyl groups excluding tert-OH is 3. The van der Waals surface area contributed by atoms with Crippen LogP contribution >= 0.6 is 0 Å². The van der Waals surface area contributed by atoms with Gasteiger partial charge in [0.2, 0.25) is 0 Å². The maximum absolute atomic E-state index is 12.3. The Labute approximate surface area is 151 Å². The predicted molar refractivity (Wildman–Crippen MR) is 94.7 cm³/mol. The SMILES string of the molecule is C[C@]12CC[C@@H](O)C[C@H]1CC[C@@H]1[C@@H]2CC[C@]2(CO)[C@@H](C(=O)CO)CC[C@@H]12. The Morgan fingerprint density at radius 2 is 1.80 bits per heavy atom. The minimum absolute atomic E-state index is 0.0595. The van der Waals surface area contributed by atoms with Gasteiger partial charge >= 0.3 is 0 Å². The smallest absolute Gasteiger partial charge is 0.161 e. The molecule has 4 nitrogen and oxygen atoms in total. The third kappa shape index (κ3) is 2.47. The van der Waals surface area contributed by atoms with E-state index >= 15 is 0 Å². The van der Waals surface area contributed by atoms with Gasteiger partial charge in [0.15, 0.2) is 5.78 Å².